The summed E-state index contributed by atoms with van der Waals surface area (Å²) in [4.78, 5) is 1.67. The molecule has 0 saturated heterocycles. The normalized spacial score (nSPS) is 19.2. The number of methoxy groups -OCH3 is 1. The Bertz CT molecular complexity index is 306. The summed E-state index contributed by atoms with van der Waals surface area (Å²) < 4.78 is 5.23. The van der Waals surface area contributed by atoms with Crippen molar-refractivity contribution in [3.05, 3.63) is 6.20 Å². The highest BCUT2D eigenvalue weighted by molar-refractivity contribution is 5.19. The second-order valence-electron chi connectivity index (χ2n) is 4.09. The molecule has 5 heteroatoms. The van der Waals surface area contributed by atoms with Gasteiger partial charge in [-0.25, -0.2) is 0 Å². The Morgan fingerprint density at radius 3 is 2.86 bits per heavy atom. The molecule has 1 fully saturated rings. The number of nitrogens with zero attached hydrogens (tertiary/aromatic N) is 3. The lowest BCUT2D eigenvalue weighted by Gasteiger charge is -2.40. The maximum atomic E-state index is 5.51. The minimum Gasteiger partial charge on any atom is -0.384 e. The van der Waals surface area contributed by atoms with E-state index in [0.29, 0.717) is 5.82 Å². The predicted octanol–water partition coefficient (Wildman–Crippen LogP) is 0.677. The lowest BCUT2D eigenvalue weighted by molar-refractivity contribution is -0.00241. The van der Waals surface area contributed by atoms with Gasteiger partial charge in [-0.3, -0.25) is 0 Å². The van der Waals surface area contributed by atoms with Crippen molar-refractivity contribution in [1.82, 2.24) is 15.0 Å². The third-order valence-electron chi connectivity index (χ3n) is 2.90. The maximum Gasteiger partial charge on any atom is 0.165 e. The SMILES string of the molecule is COCC1(Cn2ncc(N)n2)CCC1. The molecule has 14 heavy (non-hydrogen) atoms. The molecule has 1 aliphatic carbocycles. The zero-order valence-corrected chi connectivity index (χ0v) is 8.44. The predicted molar refractivity (Wildman–Crippen MR) is 52.6 cm³/mol. The van der Waals surface area contributed by atoms with Gasteiger partial charge in [0, 0.05) is 12.5 Å². The summed E-state index contributed by atoms with van der Waals surface area (Å²) in [5.41, 5.74) is 5.76. The molecule has 0 unspecified atom stereocenters. The van der Waals surface area contributed by atoms with E-state index >= 15 is 0 Å². The zero-order valence-electron chi connectivity index (χ0n) is 8.44. The molecule has 5 nitrogen and oxygen atoms in total. The number of hydrogen-bond acceptors (Lipinski definition) is 4. The highest BCUT2D eigenvalue weighted by Gasteiger charge is 2.38. The number of rotatable bonds is 4. The van der Waals surface area contributed by atoms with E-state index in [9.17, 15) is 0 Å². The fourth-order valence-electron chi connectivity index (χ4n) is 2.02. The third-order valence-corrected chi connectivity index (χ3v) is 2.90. The molecule has 2 N–H and O–H groups in total. The van der Waals surface area contributed by atoms with Crippen LogP contribution in [0.4, 0.5) is 5.82 Å². The average molecular weight is 196 g/mol. The van der Waals surface area contributed by atoms with Crippen LogP contribution < -0.4 is 5.73 Å². The van der Waals surface area contributed by atoms with E-state index in [2.05, 4.69) is 10.2 Å². The maximum absolute atomic E-state index is 5.51. The smallest absolute Gasteiger partial charge is 0.165 e. The van der Waals surface area contributed by atoms with E-state index in [4.69, 9.17) is 10.5 Å². The topological polar surface area (TPSA) is 66.0 Å². The van der Waals surface area contributed by atoms with Crippen LogP contribution >= 0.6 is 0 Å². The molecule has 78 valence electrons. The molecule has 1 heterocycles. The van der Waals surface area contributed by atoms with Crippen molar-refractivity contribution in [3.8, 4) is 0 Å². The first kappa shape index (κ1) is 9.45. The zero-order chi connectivity index (χ0) is 10.0. The van der Waals surface area contributed by atoms with Crippen LogP contribution in [-0.2, 0) is 11.3 Å². The van der Waals surface area contributed by atoms with Crippen LogP contribution in [0.15, 0.2) is 6.20 Å². The molecule has 1 aromatic rings. The van der Waals surface area contributed by atoms with Crippen molar-refractivity contribution in [1.29, 1.82) is 0 Å². The van der Waals surface area contributed by atoms with E-state index in [0.717, 1.165) is 13.2 Å². The van der Waals surface area contributed by atoms with Gasteiger partial charge < -0.3 is 10.5 Å². The van der Waals surface area contributed by atoms with Crippen LogP contribution in [-0.4, -0.2) is 28.7 Å². The Morgan fingerprint density at radius 2 is 2.43 bits per heavy atom. The molecule has 2 rings (SSSR count). The first-order chi connectivity index (χ1) is 6.74. The Kier molecular flexibility index (Phi) is 2.41. The van der Waals surface area contributed by atoms with Gasteiger partial charge in [0.05, 0.1) is 19.3 Å². The number of anilines is 1. The van der Waals surface area contributed by atoms with Gasteiger partial charge >= 0.3 is 0 Å². The molecule has 0 aliphatic heterocycles. The first-order valence-electron chi connectivity index (χ1n) is 4.89. The van der Waals surface area contributed by atoms with E-state index in [-0.39, 0.29) is 5.41 Å². The molecule has 0 bridgehead atoms. The van der Waals surface area contributed by atoms with Gasteiger partial charge in [0.1, 0.15) is 0 Å². The summed E-state index contributed by atoms with van der Waals surface area (Å²) >= 11 is 0. The van der Waals surface area contributed by atoms with E-state index in [1.165, 1.54) is 19.3 Å². The van der Waals surface area contributed by atoms with Crippen LogP contribution in [0.25, 0.3) is 0 Å². The van der Waals surface area contributed by atoms with Crippen LogP contribution in [0.1, 0.15) is 19.3 Å². The molecule has 0 aromatic carbocycles. The van der Waals surface area contributed by atoms with Gasteiger partial charge in [-0.2, -0.15) is 9.90 Å². The number of nitrogen functional groups attached to an aromatic ring is 1. The number of aromatic nitrogens is 3. The lowest BCUT2D eigenvalue weighted by atomic mass is 9.69. The Morgan fingerprint density at radius 1 is 1.64 bits per heavy atom. The second-order valence-corrected chi connectivity index (χ2v) is 4.09. The first-order valence-corrected chi connectivity index (χ1v) is 4.89. The molecule has 0 amide bonds. The van der Waals surface area contributed by atoms with Crippen molar-refractivity contribution in [2.45, 2.75) is 25.8 Å². The highest BCUT2D eigenvalue weighted by Crippen LogP contribution is 2.42. The summed E-state index contributed by atoms with van der Waals surface area (Å²) in [6, 6.07) is 0. The molecule has 0 radical (unpaired) electrons. The summed E-state index contributed by atoms with van der Waals surface area (Å²) in [5, 5.41) is 8.18. The molecule has 1 saturated carbocycles. The molecule has 1 aliphatic rings. The van der Waals surface area contributed by atoms with Crippen molar-refractivity contribution in [3.63, 3.8) is 0 Å². The molecule has 1 aromatic heterocycles. The van der Waals surface area contributed by atoms with E-state index in [1.807, 2.05) is 0 Å². The van der Waals surface area contributed by atoms with Crippen LogP contribution in [0.3, 0.4) is 0 Å². The van der Waals surface area contributed by atoms with Gasteiger partial charge in [-0.15, -0.1) is 5.10 Å². The number of hydrogen-bond donors (Lipinski definition) is 1. The van der Waals surface area contributed by atoms with Crippen LogP contribution in [0.5, 0.6) is 0 Å². The van der Waals surface area contributed by atoms with Gasteiger partial charge in [0.2, 0.25) is 0 Å². The lowest BCUT2D eigenvalue weighted by Crippen LogP contribution is -2.38. The molecular formula is C9H16N4O. The Labute approximate surface area is 83.2 Å². The van der Waals surface area contributed by atoms with Gasteiger partial charge in [0.25, 0.3) is 0 Å². The van der Waals surface area contributed by atoms with Crippen molar-refractivity contribution < 1.29 is 4.74 Å². The van der Waals surface area contributed by atoms with E-state index in [1.54, 1.807) is 18.1 Å². The minimum atomic E-state index is 0.250. The fraction of sp³-hybridized carbons (Fsp3) is 0.778. The highest BCUT2D eigenvalue weighted by atomic mass is 16.5. The number of nitrogens with two attached hydrogens (primary N) is 1. The summed E-state index contributed by atoms with van der Waals surface area (Å²) in [5.74, 6) is 0.483. The Hall–Kier alpha value is -1.10. The minimum absolute atomic E-state index is 0.250. The van der Waals surface area contributed by atoms with Crippen LogP contribution in [0.2, 0.25) is 0 Å². The third kappa shape index (κ3) is 1.72. The Balaban J connectivity index is 2.01. The van der Waals surface area contributed by atoms with Gasteiger partial charge in [-0.05, 0) is 12.8 Å². The fourth-order valence-corrected chi connectivity index (χ4v) is 2.02. The van der Waals surface area contributed by atoms with Crippen molar-refractivity contribution in [2.75, 3.05) is 19.5 Å². The van der Waals surface area contributed by atoms with E-state index < -0.39 is 0 Å². The quantitative estimate of drug-likeness (QED) is 0.769. The van der Waals surface area contributed by atoms with Gasteiger partial charge in [-0.1, -0.05) is 6.42 Å². The summed E-state index contributed by atoms with van der Waals surface area (Å²) in [6.45, 7) is 1.60. The summed E-state index contributed by atoms with van der Waals surface area (Å²) in [7, 11) is 1.74. The second kappa shape index (κ2) is 3.57. The molecular weight excluding hydrogens is 180 g/mol. The van der Waals surface area contributed by atoms with Crippen LogP contribution in [0, 0.1) is 5.41 Å². The van der Waals surface area contributed by atoms with Crippen molar-refractivity contribution in [2.24, 2.45) is 5.41 Å². The average Bonchev–Trinajstić information content (AvgIpc) is 2.48. The van der Waals surface area contributed by atoms with Crippen molar-refractivity contribution >= 4 is 5.82 Å². The molecule has 0 spiro atoms. The molecule has 0 atom stereocenters. The monoisotopic (exact) mass is 196 g/mol. The largest absolute Gasteiger partial charge is 0.384 e. The van der Waals surface area contributed by atoms with Gasteiger partial charge in [0.15, 0.2) is 5.82 Å². The standard InChI is InChI=1S/C9H16N4O/c1-14-7-9(3-2-4-9)6-13-11-5-8(10)12-13/h5H,2-4,6-7H2,1H3,(H2,10,12). The number of ether oxygens (including phenoxy) is 1. The summed E-state index contributed by atoms with van der Waals surface area (Å²) in [6.07, 6.45) is 5.25.